The molecule has 1 atom stereocenters. The Balaban J connectivity index is 2.07. The molecule has 1 saturated heterocycles. The van der Waals surface area contributed by atoms with Gasteiger partial charge in [-0.25, -0.2) is 0 Å². The van der Waals surface area contributed by atoms with Crippen LogP contribution in [0.2, 0.25) is 0 Å². The Morgan fingerprint density at radius 3 is 2.55 bits per heavy atom. The van der Waals surface area contributed by atoms with Gasteiger partial charge in [-0.15, -0.1) is 0 Å². The summed E-state index contributed by atoms with van der Waals surface area (Å²) < 4.78 is 11.2. The van der Waals surface area contributed by atoms with E-state index in [1.54, 1.807) is 0 Å². The zero-order valence-corrected chi connectivity index (χ0v) is 8.10. The number of halogens is 1. The molecule has 0 amide bonds. The molecule has 0 aromatic rings. The fraction of sp³-hybridized carbons (Fsp3) is 1.00. The van der Waals surface area contributed by atoms with Crippen LogP contribution >= 0.6 is 15.9 Å². The standard InChI is InChI=1S/C8H13BrO2/c9-7-3-1-2-4-8(7)10-5-6-11-8/h7H,1-6H2/t7-/m1/s1. The summed E-state index contributed by atoms with van der Waals surface area (Å²) in [5.41, 5.74) is 0. The molecular weight excluding hydrogens is 208 g/mol. The number of alkyl halides is 1. The van der Waals surface area contributed by atoms with Crippen molar-refractivity contribution in [2.24, 2.45) is 0 Å². The molecule has 2 fully saturated rings. The molecule has 0 aromatic heterocycles. The minimum Gasteiger partial charge on any atom is -0.346 e. The van der Waals surface area contributed by atoms with E-state index in [4.69, 9.17) is 9.47 Å². The second kappa shape index (κ2) is 3.04. The average Bonchev–Trinajstić information content (AvgIpc) is 2.46. The Morgan fingerprint density at radius 2 is 1.91 bits per heavy atom. The average molecular weight is 221 g/mol. The summed E-state index contributed by atoms with van der Waals surface area (Å²) in [6.07, 6.45) is 4.77. The van der Waals surface area contributed by atoms with Gasteiger partial charge in [-0.1, -0.05) is 22.4 Å². The third kappa shape index (κ3) is 1.34. The second-order valence-electron chi connectivity index (χ2n) is 3.22. The zero-order chi connectivity index (χ0) is 7.73. The van der Waals surface area contributed by atoms with Gasteiger partial charge in [0, 0.05) is 6.42 Å². The summed E-state index contributed by atoms with van der Waals surface area (Å²) >= 11 is 3.62. The second-order valence-corrected chi connectivity index (χ2v) is 4.33. The predicted molar refractivity (Wildman–Crippen MR) is 45.8 cm³/mol. The van der Waals surface area contributed by atoms with Crippen LogP contribution in [0.15, 0.2) is 0 Å². The Bertz CT molecular complexity index is 143. The fourth-order valence-electron chi connectivity index (χ4n) is 1.87. The first-order valence-corrected chi connectivity index (χ1v) is 5.17. The largest absolute Gasteiger partial charge is 0.346 e. The minimum absolute atomic E-state index is 0.252. The lowest BCUT2D eigenvalue weighted by Gasteiger charge is -2.35. The highest BCUT2D eigenvalue weighted by atomic mass is 79.9. The highest BCUT2D eigenvalue weighted by Gasteiger charge is 2.44. The monoisotopic (exact) mass is 220 g/mol. The smallest absolute Gasteiger partial charge is 0.180 e. The van der Waals surface area contributed by atoms with E-state index >= 15 is 0 Å². The van der Waals surface area contributed by atoms with Gasteiger partial charge in [-0.05, 0) is 12.8 Å². The van der Waals surface area contributed by atoms with Gasteiger partial charge >= 0.3 is 0 Å². The van der Waals surface area contributed by atoms with Gasteiger partial charge < -0.3 is 9.47 Å². The predicted octanol–water partition coefficient (Wildman–Crippen LogP) is 2.07. The van der Waals surface area contributed by atoms with Gasteiger partial charge in [0.2, 0.25) is 0 Å². The van der Waals surface area contributed by atoms with E-state index in [0.29, 0.717) is 4.83 Å². The lowest BCUT2D eigenvalue weighted by atomic mass is 9.94. The molecule has 2 nitrogen and oxygen atoms in total. The van der Waals surface area contributed by atoms with Crippen molar-refractivity contribution in [3.63, 3.8) is 0 Å². The minimum atomic E-state index is -0.252. The molecule has 0 radical (unpaired) electrons. The molecule has 0 N–H and O–H groups in total. The van der Waals surface area contributed by atoms with Crippen molar-refractivity contribution in [2.45, 2.75) is 36.3 Å². The first-order valence-electron chi connectivity index (χ1n) is 4.25. The molecule has 1 aliphatic carbocycles. The van der Waals surface area contributed by atoms with Gasteiger partial charge in [0.05, 0.1) is 18.0 Å². The maximum atomic E-state index is 5.62. The topological polar surface area (TPSA) is 18.5 Å². The third-order valence-electron chi connectivity index (χ3n) is 2.49. The molecule has 64 valence electrons. The lowest BCUT2D eigenvalue weighted by Crippen LogP contribution is -2.42. The normalized spacial score (nSPS) is 36.3. The van der Waals surface area contributed by atoms with Gasteiger partial charge in [0.15, 0.2) is 5.79 Å². The van der Waals surface area contributed by atoms with E-state index in [9.17, 15) is 0 Å². The Hall–Kier alpha value is 0.400. The molecule has 2 rings (SSSR count). The van der Waals surface area contributed by atoms with Crippen LogP contribution in [0.25, 0.3) is 0 Å². The zero-order valence-electron chi connectivity index (χ0n) is 6.51. The van der Waals surface area contributed by atoms with Crippen molar-refractivity contribution < 1.29 is 9.47 Å². The van der Waals surface area contributed by atoms with E-state index in [1.165, 1.54) is 19.3 Å². The van der Waals surface area contributed by atoms with Gasteiger partial charge in [-0.3, -0.25) is 0 Å². The summed E-state index contributed by atoms with van der Waals surface area (Å²) in [4.78, 5) is 0.409. The molecule has 0 aromatic carbocycles. The molecule has 0 bridgehead atoms. The molecule has 11 heavy (non-hydrogen) atoms. The van der Waals surface area contributed by atoms with E-state index in [2.05, 4.69) is 15.9 Å². The number of hydrogen-bond acceptors (Lipinski definition) is 2. The first-order chi connectivity index (χ1) is 5.33. The highest BCUT2D eigenvalue weighted by Crippen LogP contribution is 2.39. The van der Waals surface area contributed by atoms with Crippen molar-refractivity contribution in [3.05, 3.63) is 0 Å². The van der Waals surface area contributed by atoms with E-state index in [-0.39, 0.29) is 5.79 Å². The Morgan fingerprint density at radius 1 is 1.18 bits per heavy atom. The van der Waals surface area contributed by atoms with Crippen molar-refractivity contribution >= 4 is 15.9 Å². The summed E-state index contributed by atoms with van der Waals surface area (Å²) in [5.74, 6) is -0.252. The summed E-state index contributed by atoms with van der Waals surface area (Å²) in [6, 6.07) is 0. The molecule has 1 saturated carbocycles. The Labute approximate surface area is 75.4 Å². The highest BCUT2D eigenvalue weighted by molar-refractivity contribution is 9.09. The van der Waals surface area contributed by atoms with Crippen molar-refractivity contribution in [1.29, 1.82) is 0 Å². The molecule has 1 heterocycles. The summed E-state index contributed by atoms with van der Waals surface area (Å²) in [5, 5.41) is 0. The number of rotatable bonds is 0. The maximum absolute atomic E-state index is 5.62. The van der Waals surface area contributed by atoms with Crippen LogP contribution < -0.4 is 0 Å². The van der Waals surface area contributed by atoms with Crippen LogP contribution in [0.4, 0.5) is 0 Å². The summed E-state index contributed by atoms with van der Waals surface area (Å²) in [6.45, 7) is 1.53. The van der Waals surface area contributed by atoms with Gasteiger partial charge in [0.1, 0.15) is 0 Å². The molecule has 0 unspecified atom stereocenters. The molecule has 2 aliphatic rings. The quantitative estimate of drug-likeness (QED) is 0.583. The van der Waals surface area contributed by atoms with Crippen LogP contribution in [0.1, 0.15) is 25.7 Å². The van der Waals surface area contributed by atoms with Gasteiger partial charge in [-0.2, -0.15) is 0 Å². The van der Waals surface area contributed by atoms with Crippen LogP contribution in [-0.4, -0.2) is 23.8 Å². The van der Waals surface area contributed by atoms with Crippen molar-refractivity contribution in [2.75, 3.05) is 13.2 Å². The first kappa shape index (κ1) is 8.02. The van der Waals surface area contributed by atoms with E-state index < -0.39 is 0 Å². The molecule has 1 spiro atoms. The number of hydrogen-bond donors (Lipinski definition) is 0. The maximum Gasteiger partial charge on any atom is 0.180 e. The van der Waals surface area contributed by atoms with Crippen LogP contribution in [0.3, 0.4) is 0 Å². The fourth-order valence-corrected chi connectivity index (χ4v) is 2.68. The van der Waals surface area contributed by atoms with Crippen LogP contribution in [-0.2, 0) is 9.47 Å². The van der Waals surface area contributed by atoms with Gasteiger partial charge in [0.25, 0.3) is 0 Å². The number of ether oxygens (including phenoxy) is 2. The molecular formula is C8H13BrO2. The molecule has 3 heteroatoms. The van der Waals surface area contributed by atoms with Crippen LogP contribution in [0.5, 0.6) is 0 Å². The molecule has 1 aliphatic heterocycles. The van der Waals surface area contributed by atoms with Crippen molar-refractivity contribution in [3.8, 4) is 0 Å². The third-order valence-corrected chi connectivity index (χ3v) is 3.64. The Kier molecular flexibility index (Phi) is 2.21. The van der Waals surface area contributed by atoms with E-state index in [0.717, 1.165) is 19.6 Å². The van der Waals surface area contributed by atoms with Crippen LogP contribution in [0, 0.1) is 0 Å². The van der Waals surface area contributed by atoms with Crippen molar-refractivity contribution in [1.82, 2.24) is 0 Å². The SMILES string of the molecule is Br[C@@H]1CCCCC12OCCO2. The summed E-state index contributed by atoms with van der Waals surface area (Å²) in [7, 11) is 0. The lowest BCUT2D eigenvalue weighted by molar-refractivity contribution is -0.170. The van der Waals surface area contributed by atoms with E-state index in [1.807, 2.05) is 0 Å².